The molecule has 0 saturated heterocycles. The number of fused-ring (bicyclic) bond motifs is 1. The maximum absolute atomic E-state index is 13.0. The maximum Gasteiger partial charge on any atom is 0.223 e. The second-order valence-electron chi connectivity index (χ2n) is 8.26. The third-order valence-electron chi connectivity index (χ3n) is 5.97. The Hall–Kier alpha value is -3.94. The number of benzene rings is 3. The summed E-state index contributed by atoms with van der Waals surface area (Å²) in [5.41, 5.74) is 5.17. The second-order valence-corrected chi connectivity index (χ2v) is 8.26. The Morgan fingerprint density at radius 1 is 0.857 bits per heavy atom. The highest BCUT2D eigenvalue weighted by molar-refractivity contribution is 6.02. The van der Waals surface area contributed by atoms with Crippen LogP contribution >= 0.6 is 0 Å². The van der Waals surface area contributed by atoms with Crippen molar-refractivity contribution in [2.75, 3.05) is 12.4 Å². The van der Waals surface area contributed by atoms with E-state index in [2.05, 4.69) is 15.3 Å². The van der Waals surface area contributed by atoms with Crippen molar-refractivity contribution < 1.29 is 19.8 Å². The fourth-order valence-electron chi connectivity index (χ4n) is 4.08. The molecule has 0 amide bonds. The zero-order valence-electron chi connectivity index (χ0n) is 19.7. The molecule has 4 rings (SSSR count). The van der Waals surface area contributed by atoms with E-state index >= 15 is 0 Å². The molecule has 0 saturated carbocycles. The van der Waals surface area contributed by atoms with E-state index in [4.69, 9.17) is 0 Å². The van der Waals surface area contributed by atoms with E-state index < -0.39 is 0 Å². The Morgan fingerprint density at radius 3 is 2.23 bits per heavy atom. The summed E-state index contributed by atoms with van der Waals surface area (Å²) in [6.07, 6.45) is 0.565. The molecule has 7 heteroatoms. The summed E-state index contributed by atoms with van der Waals surface area (Å²) in [7, 11) is 1.73. The topological polar surface area (TPSA) is 112 Å². The van der Waals surface area contributed by atoms with Crippen molar-refractivity contribution >= 4 is 28.4 Å². The molecule has 0 spiro atoms. The molecule has 1 aromatic heterocycles. The van der Waals surface area contributed by atoms with Crippen molar-refractivity contribution in [1.82, 2.24) is 9.97 Å². The van der Waals surface area contributed by atoms with Gasteiger partial charge in [-0.05, 0) is 41.0 Å². The van der Waals surface area contributed by atoms with E-state index in [1.165, 1.54) is 0 Å². The van der Waals surface area contributed by atoms with Crippen LogP contribution in [0.1, 0.15) is 50.8 Å². The number of carbonyl (C=O) groups excluding carboxylic acids is 2. The molecule has 0 aliphatic rings. The van der Waals surface area contributed by atoms with E-state index in [9.17, 15) is 19.8 Å². The van der Waals surface area contributed by atoms with Crippen LogP contribution in [0.3, 0.4) is 0 Å². The molecule has 0 unspecified atom stereocenters. The number of carbonyl (C=O) groups is 2. The average molecular weight is 470 g/mol. The van der Waals surface area contributed by atoms with Crippen LogP contribution < -0.4 is 5.32 Å². The Kier molecular flexibility index (Phi) is 7.29. The first kappa shape index (κ1) is 24.2. The highest BCUT2D eigenvalue weighted by Gasteiger charge is 2.15. The molecule has 4 aromatic rings. The SMILES string of the molecule is CCC(=O)c1cccc(C(=O)Cc2cccc(-c3nc(NC)nc4cc(CO)c(CO)cc34)c2)c1. The summed E-state index contributed by atoms with van der Waals surface area (Å²) in [6.45, 7) is 1.38. The van der Waals surface area contributed by atoms with Crippen LogP contribution in [0.15, 0.2) is 60.7 Å². The third-order valence-corrected chi connectivity index (χ3v) is 5.97. The molecule has 0 fully saturated rings. The van der Waals surface area contributed by atoms with Crippen LogP contribution in [0.4, 0.5) is 5.95 Å². The number of Topliss-reactive ketones (excluding diaryl/α,β-unsaturated/α-hetero) is 2. The standard InChI is InChI=1S/C28H27N3O4/c1-3-25(34)18-7-5-8-19(12-18)26(35)11-17-6-4-9-20(10-17)27-23-13-21(15-32)22(16-33)14-24(23)30-28(29-2)31-27/h4-10,12-14,32-33H,3,11,15-16H2,1-2H3,(H,29,30,31). The summed E-state index contributed by atoms with van der Waals surface area (Å²) in [5.74, 6) is 0.350. The van der Waals surface area contributed by atoms with Gasteiger partial charge in [0.1, 0.15) is 0 Å². The minimum Gasteiger partial charge on any atom is -0.392 e. The Bertz CT molecular complexity index is 1410. The predicted molar refractivity (Wildman–Crippen MR) is 135 cm³/mol. The van der Waals surface area contributed by atoms with Gasteiger partial charge in [0.25, 0.3) is 0 Å². The van der Waals surface area contributed by atoms with Gasteiger partial charge in [-0.2, -0.15) is 0 Å². The first-order chi connectivity index (χ1) is 17.0. The summed E-state index contributed by atoms with van der Waals surface area (Å²) in [4.78, 5) is 34.2. The number of hydrogen-bond donors (Lipinski definition) is 3. The van der Waals surface area contributed by atoms with Gasteiger partial charge in [-0.15, -0.1) is 0 Å². The van der Waals surface area contributed by atoms with Crippen LogP contribution in [0.2, 0.25) is 0 Å². The number of aliphatic hydroxyl groups excluding tert-OH is 2. The molecule has 7 nitrogen and oxygen atoms in total. The second kappa shape index (κ2) is 10.5. The summed E-state index contributed by atoms with van der Waals surface area (Å²) >= 11 is 0. The van der Waals surface area contributed by atoms with Gasteiger partial charge in [-0.3, -0.25) is 9.59 Å². The van der Waals surface area contributed by atoms with E-state index in [-0.39, 0.29) is 31.2 Å². The summed E-state index contributed by atoms with van der Waals surface area (Å²) < 4.78 is 0. The highest BCUT2D eigenvalue weighted by Crippen LogP contribution is 2.30. The van der Waals surface area contributed by atoms with E-state index in [0.717, 1.165) is 16.5 Å². The normalized spacial score (nSPS) is 11.0. The molecular weight excluding hydrogens is 442 g/mol. The number of ketones is 2. The minimum atomic E-state index is -0.215. The van der Waals surface area contributed by atoms with E-state index in [0.29, 0.717) is 45.8 Å². The van der Waals surface area contributed by atoms with Crippen molar-refractivity contribution in [3.8, 4) is 11.3 Å². The number of anilines is 1. The number of aliphatic hydroxyl groups is 2. The van der Waals surface area contributed by atoms with Gasteiger partial charge in [0.2, 0.25) is 5.95 Å². The van der Waals surface area contributed by atoms with Crippen LogP contribution in [-0.4, -0.2) is 38.8 Å². The molecule has 0 aliphatic heterocycles. The van der Waals surface area contributed by atoms with Crippen LogP contribution in [0.25, 0.3) is 22.2 Å². The smallest absolute Gasteiger partial charge is 0.223 e. The molecule has 178 valence electrons. The Balaban J connectivity index is 1.73. The Morgan fingerprint density at radius 2 is 1.54 bits per heavy atom. The van der Waals surface area contributed by atoms with E-state index in [1.807, 2.05) is 24.3 Å². The summed E-state index contributed by atoms with van der Waals surface area (Å²) in [5, 5.41) is 23.1. The van der Waals surface area contributed by atoms with Crippen LogP contribution in [0.5, 0.6) is 0 Å². The van der Waals surface area contributed by atoms with Gasteiger partial charge >= 0.3 is 0 Å². The van der Waals surface area contributed by atoms with Crippen molar-refractivity contribution in [3.63, 3.8) is 0 Å². The van der Waals surface area contributed by atoms with Gasteiger partial charge in [0.05, 0.1) is 24.4 Å². The van der Waals surface area contributed by atoms with Crippen molar-refractivity contribution in [2.24, 2.45) is 0 Å². The van der Waals surface area contributed by atoms with Gasteiger partial charge in [-0.25, -0.2) is 9.97 Å². The largest absolute Gasteiger partial charge is 0.392 e. The molecule has 0 bridgehead atoms. The number of hydrogen-bond acceptors (Lipinski definition) is 7. The number of aromatic nitrogens is 2. The molecular formula is C28H27N3O4. The predicted octanol–water partition coefficient (Wildman–Crippen LogP) is 4.34. The fourth-order valence-corrected chi connectivity index (χ4v) is 4.08. The fraction of sp³-hybridized carbons (Fsp3) is 0.214. The third kappa shape index (κ3) is 5.11. The van der Waals surface area contributed by atoms with Crippen LogP contribution in [0, 0.1) is 0 Å². The van der Waals surface area contributed by atoms with Gasteiger partial charge in [0, 0.05) is 42.0 Å². The van der Waals surface area contributed by atoms with Crippen molar-refractivity contribution in [3.05, 3.63) is 88.5 Å². The molecule has 35 heavy (non-hydrogen) atoms. The molecule has 3 aromatic carbocycles. The quantitative estimate of drug-likeness (QED) is 0.313. The lowest BCUT2D eigenvalue weighted by molar-refractivity contribution is 0.0988. The van der Waals surface area contributed by atoms with Gasteiger partial charge in [-0.1, -0.05) is 43.3 Å². The molecule has 0 atom stereocenters. The zero-order chi connectivity index (χ0) is 24.9. The maximum atomic E-state index is 13.0. The van der Waals surface area contributed by atoms with Crippen molar-refractivity contribution in [1.29, 1.82) is 0 Å². The average Bonchev–Trinajstić information content (AvgIpc) is 2.91. The zero-order valence-corrected chi connectivity index (χ0v) is 19.7. The lowest BCUT2D eigenvalue weighted by Gasteiger charge is -2.13. The van der Waals surface area contributed by atoms with Gasteiger partial charge < -0.3 is 15.5 Å². The molecule has 3 N–H and O–H groups in total. The monoisotopic (exact) mass is 469 g/mol. The first-order valence-electron chi connectivity index (χ1n) is 11.5. The number of nitrogens with zero attached hydrogens (tertiary/aromatic N) is 2. The number of nitrogens with one attached hydrogen (secondary N) is 1. The minimum absolute atomic E-state index is 0.00392. The van der Waals surface area contributed by atoms with Crippen molar-refractivity contribution in [2.45, 2.75) is 33.0 Å². The molecule has 0 aliphatic carbocycles. The van der Waals surface area contributed by atoms with E-state index in [1.54, 1.807) is 50.4 Å². The van der Waals surface area contributed by atoms with Gasteiger partial charge in [0.15, 0.2) is 11.6 Å². The number of rotatable bonds is 9. The highest BCUT2D eigenvalue weighted by atomic mass is 16.3. The van der Waals surface area contributed by atoms with Crippen LogP contribution in [-0.2, 0) is 19.6 Å². The lowest BCUT2D eigenvalue weighted by Crippen LogP contribution is -2.06. The lowest BCUT2D eigenvalue weighted by atomic mass is 9.96. The summed E-state index contributed by atoms with van der Waals surface area (Å²) in [6, 6.07) is 18.0. The first-order valence-corrected chi connectivity index (χ1v) is 11.5. The Labute approximate surface area is 203 Å². The molecule has 0 radical (unpaired) electrons. The molecule has 1 heterocycles.